The van der Waals surface area contributed by atoms with E-state index in [0.29, 0.717) is 29.1 Å². The van der Waals surface area contributed by atoms with E-state index in [1.165, 1.54) is 25.6 Å². The number of fused-ring (bicyclic) bond motifs is 1. The summed E-state index contributed by atoms with van der Waals surface area (Å²) in [4.78, 5) is 31.8. The molecule has 2 aromatic rings. The van der Waals surface area contributed by atoms with Crippen molar-refractivity contribution in [1.29, 1.82) is 0 Å². The zero-order chi connectivity index (χ0) is 25.9. The fourth-order valence-electron chi connectivity index (χ4n) is 5.27. The third-order valence-electron chi connectivity index (χ3n) is 7.45. The van der Waals surface area contributed by atoms with Gasteiger partial charge in [0.2, 0.25) is 5.91 Å². The first kappa shape index (κ1) is 26.7. The van der Waals surface area contributed by atoms with Gasteiger partial charge in [0.1, 0.15) is 0 Å². The van der Waals surface area contributed by atoms with Crippen LogP contribution in [-0.2, 0) is 27.3 Å². The molecule has 6 nitrogen and oxygen atoms in total. The zero-order valence-electron chi connectivity index (χ0n) is 21.1. The molecule has 198 valence electrons. The van der Waals surface area contributed by atoms with Crippen LogP contribution in [0.1, 0.15) is 43.2 Å². The van der Waals surface area contributed by atoms with Crippen LogP contribution in [0, 0.1) is 0 Å². The number of nitrogens with zero attached hydrogens (tertiary/aromatic N) is 3. The molecule has 0 N–H and O–H groups in total. The van der Waals surface area contributed by atoms with Crippen molar-refractivity contribution in [1.82, 2.24) is 4.90 Å². The fraction of sp³-hybridized carbons (Fsp3) is 0.500. The van der Waals surface area contributed by atoms with Crippen LogP contribution in [0.15, 0.2) is 36.4 Å². The molecule has 2 heterocycles. The van der Waals surface area contributed by atoms with Crippen molar-refractivity contribution in [2.24, 2.45) is 0 Å². The van der Waals surface area contributed by atoms with E-state index in [2.05, 4.69) is 28.0 Å². The van der Waals surface area contributed by atoms with E-state index < -0.39 is 0 Å². The predicted octanol–water partition coefficient (Wildman–Crippen LogP) is 5.77. The Balaban J connectivity index is 1.25. The lowest BCUT2D eigenvalue weighted by Crippen LogP contribution is -2.52. The molecule has 3 aliphatic rings. The number of hydrogen-bond donors (Lipinski definition) is 0. The first-order valence-corrected chi connectivity index (χ1v) is 14.9. The number of benzene rings is 2. The van der Waals surface area contributed by atoms with Gasteiger partial charge in [0, 0.05) is 53.8 Å². The number of carbonyl (C=O) groups excluding carboxylic acids is 2. The summed E-state index contributed by atoms with van der Waals surface area (Å²) in [6, 6.07) is 12.6. The van der Waals surface area contributed by atoms with Crippen LogP contribution in [-0.4, -0.2) is 60.7 Å². The molecule has 2 fully saturated rings. The topological polar surface area (TPSA) is 53.1 Å². The highest BCUT2D eigenvalue weighted by atomic mass is 35.5. The quantitative estimate of drug-likeness (QED) is 0.286. The maximum atomic E-state index is 13.8. The number of carbonyl (C=O) groups is 2. The predicted molar refractivity (Wildman–Crippen MR) is 152 cm³/mol. The second-order valence-electron chi connectivity index (χ2n) is 9.98. The number of methoxy groups -OCH3 is 1. The molecule has 1 atom stereocenters. The van der Waals surface area contributed by atoms with Crippen LogP contribution in [0.3, 0.4) is 0 Å². The number of esters is 1. The van der Waals surface area contributed by atoms with Gasteiger partial charge in [-0.25, -0.2) is 0 Å². The Kier molecular flexibility index (Phi) is 8.54. The van der Waals surface area contributed by atoms with Gasteiger partial charge in [-0.15, -0.1) is 11.8 Å². The van der Waals surface area contributed by atoms with E-state index in [9.17, 15) is 9.59 Å². The molecule has 1 saturated carbocycles. The van der Waals surface area contributed by atoms with E-state index in [-0.39, 0.29) is 17.9 Å². The number of ether oxygens (including phenoxy) is 1. The Bertz CT molecular complexity index is 1160. The Labute approximate surface area is 233 Å². The van der Waals surface area contributed by atoms with Crippen molar-refractivity contribution in [2.45, 2.75) is 57.2 Å². The number of rotatable bonds is 9. The van der Waals surface area contributed by atoms with Crippen molar-refractivity contribution < 1.29 is 14.3 Å². The highest BCUT2D eigenvalue weighted by Gasteiger charge is 2.39. The summed E-state index contributed by atoms with van der Waals surface area (Å²) < 4.78 is 4.70. The maximum absolute atomic E-state index is 13.8. The van der Waals surface area contributed by atoms with Crippen molar-refractivity contribution in [2.75, 3.05) is 41.6 Å². The van der Waals surface area contributed by atoms with Gasteiger partial charge in [0.05, 0.1) is 24.5 Å². The molecule has 0 bridgehead atoms. The van der Waals surface area contributed by atoms with Gasteiger partial charge in [-0.05, 0) is 67.5 Å². The normalized spacial score (nSPS) is 19.7. The van der Waals surface area contributed by atoms with Crippen LogP contribution in [0.2, 0.25) is 10.0 Å². The van der Waals surface area contributed by atoms with Crippen LogP contribution >= 0.6 is 35.0 Å². The molecule has 0 spiro atoms. The van der Waals surface area contributed by atoms with Crippen LogP contribution in [0.5, 0.6) is 0 Å². The monoisotopic (exact) mass is 561 g/mol. The SMILES string of the molecule is COC(=O)CCCCc1cc(Cl)c(CN2CSCC2C(=O)N2CCN(C3CC3)c3ccccc32)cc1Cl. The Hall–Kier alpha value is -1.93. The van der Waals surface area contributed by atoms with E-state index in [4.69, 9.17) is 27.9 Å². The molecule has 0 radical (unpaired) electrons. The van der Waals surface area contributed by atoms with Gasteiger partial charge in [0.15, 0.2) is 0 Å². The summed E-state index contributed by atoms with van der Waals surface area (Å²) in [6.45, 7) is 2.18. The molecule has 2 aromatic carbocycles. The molecule has 5 rings (SSSR count). The average molecular weight is 563 g/mol. The van der Waals surface area contributed by atoms with Gasteiger partial charge in [-0.1, -0.05) is 35.3 Å². The first-order valence-electron chi connectivity index (χ1n) is 13.0. The Morgan fingerprint density at radius 1 is 1.03 bits per heavy atom. The molecule has 37 heavy (non-hydrogen) atoms. The highest BCUT2D eigenvalue weighted by Crippen LogP contribution is 2.41. The second-order valence-corrected chi connectivity index (χ2v) is 11.8. The zero-order valence-corrected chi connectivity index (χ0v) is 23.5. The van der Waals surface area contributed by atoms with Crippen molar-refractivity contribution in [3.05, 3.63) is 57.6 Å². The lowest BCUT2D eigenvalue weighted by molar-refractivity contribution is -0.140. The lowest BCUT2D eigenvalue weighted by Gasteiger charge is -2.39. The summed E-state index contributed by atoms with van der Waals surface area (Å²) in [5.74, 6) is 1.52. The number of hydrogen-bond acceptors (Lipinski definition) is 6. The van der Waals surface area contributed by atoms with E-state index in [1.807, 2.05) is 23.1 Å². The molecular formula is C28H33Cl2N3O3S. The minimum absolute atomic E-state index is 0.164. The lowest BCUT2D eigenvalue weighted by atomic mass is 10.0. The number of para-hydroxylation sites is 2. The average Bonchev–Trinajstić information content (AvgIpc) is 3.65. The molecule has 1 unspecified atom stereocenters. The van der Waals surface area contributed by atoms with E-state index >= 15 is 0 Å². The Morgan fingerprint density at radius 2 is 1.76 bits per heavy atom. The minimum atomic E-state index is -0.196. The molecule has 2 aliphatic heterocycles. The molecule has 1 saturated heterocycles. The third-order valence-corrected chi connectivity index (χ3v) is 9.22. The number of aryl methyl sites for hydroxylation is 1. The molecular weight excluding hydrogens is 529 g/mol. The number of amides is 1. The molecule has 0 aromatic heterocycles. The van der Waals surface area contributed by atoms with Crippen LogP contribution < -0.4 is 9.80 Å². The minimum Gasteiger partial charge on any atom is -0.469 e. The van der Waals surface area contributed by atoms with Crippen molar-refractivity contribution >= 4 is 58.2 Å². The van der Waals surface area contributed by atoms with Gasteiger partial charge >= 0.3 is 5.97 Å². The van der Waals surface area contributed by atoms with Gasteiger partial charge < -0.3 is 14.5 Å². The number of halogens is 2. The number of anilines is 2. The summed E-state index contributed by atoms with van der Waals surface area (Å²) >= 11 is 15.1. The largest absolute Gasteiger partial charge is 0.469 e. The van der Waals surface area contributed by atoms with Gasteiger partial charge in [-0.3, -0.25) is 14.5 Å². The van der Waals surface area contributed by atoms with Crippen LogP contribution in [0.4, 0.5) is 11.4 Å². The Morgan fingerprint density at radius 3 is 2.51 bits per heavy atom. The fourth-order valence-corrected chi connectivity index (χ4v) is 6.98. The number of thioether (sulfide) groups is 1. The summed E-state index contributed by atoms with van der Waals surface area (Å²) in [5.41, 5.74) is 4.12. The summed E-state index contributed by atoms with van der Waals surface area (Å²) in [7, 11) is 1.41. The highest BCUT2D eigenvalue weighted by molar-refractivity contribution is 7.99. The second kappa shape index (κ2) is 11.9. The maximum Gasteiger partial charge on any atom is 0.305 e. The van der Waals surface area contributed by atoms with Crippen molar-refractivity contribution in [3.8, 4) is 0 Å². The van der Waals surface area contributed by atoms with Gasteiger partial charge in [-0.2, -0.15) is 0 Å². The first-order chi connectivity index (χ1) is 18.0. The van der Waals surface area contributed by atoms with Crippen molar-refractivity contribution in [3.63, 3.8) is 0 Å². The van der Waals surface area contributed by atoms with Gasteiger partial charge in [0.25, 0.3) is 0 Å². The van der Waals surface area contributed by atoms with E-state index in [1.54, 1.807) is 11.8 Å². The number of unbranched alkanes of at least 4 members (excludes halogenated alkanes) is 1. The summed E-state index contributed by atoms with van der Waals surface area (Å²) in [6.07, 6.45) is 5.22. The van der Waals surface area contributed by atoms with Crippen LogP contribution in [0.25, 0.3) is 0 Å². The smallest absolute Gasteiger partial charge is 0.305 e. The molecule has 1 amide bonds. The molecule has 1 aliphatic carbocycles. The van der Waals surface area contributed by atoms with E-state index in [0.717, 1.165) is 60.8 Å². The summed E-state index contributed by atoms with van der Waals surface area (Å²) in [5, 5.41) is 1.34. The third kappa shape index (κ3) is 6.06. The standard InChI is InChI=1S/C28H33Cl2N3O3S/c1-36-27(34)9-5-2-6-19-14-23(30)20(15-22(19)29)16-31-18-37-17-26(31)28(35)33-13-12-32(21-10-11-21)24-7-3-4-8-25(24)33/h3-4,7-8,14-15,21,26H,2,5-6,9-13,16-18H2,1H3. The molecule has 9 heteroatoms.